The summed E-state index contributed by atoms with van der Waals surface area (Å²) in [4.78, 5) is 16.4. The lowest BCUT2D eigenvalue weighted by atomic mass is 9.92. The number of rotatable bonds is 8. The lowest BCUT2D eigenvalue weighted by Gasteiger charge is -2.22. The van der Waals surface area contributed by atoms with Crippen LogP contribution in [0.25, 0.3) is 10.2 Å². The Balaban J connectivity index is 1.39. The van der Waals surface area contributed by atoms with Gasteiger partial charge in [-0.2, -0.15) is 8.42 Å². The number of benzene rings is 2. The summed E-state index contributed by atoms with van der Waals surface area (Å²) in [5.74, 6) is 0.717. The highest BCUT2D eigenvalue weighted by molar-refractivity contribution is 7.87. The number of carbonyl (C=O) groups excluding carboxylic acids is 1. The minimum absolute atomic E-state index is 0.0217. The van der Waals surface area contributed by atoms with Crippen molar-refractivity contribution in [3.8, 4) is 5.75 Å². The lowest BCUT2D eigenvalue weighted by Crippen LogP contribution is -2.27. The van der Waals surface area contributed by atoms with Gasteiger partial charge in [-0.05, 0) is 69.0 Å². The number of nitrogens with zero attached hydrogens (tertiary/aromatic N) is 1. The van der Waals surface area contributed by atoms with Gasteiger partial charge in [0, 0.05) is 12.5 Å². The molecule has 1 aliphatic rings. The molecule has 0 aliphatic carbocycles. The van der Waals surface area contributed by atoms with Gasteiger partial charge in [0.25, 0.3) is 0 Å². The van der Waals surface area contributed by atoms with Crippen molar-refractivity contribution in [2.45, 2.75) is 37.0 Å². The maximum absolute atomic E-state index is 12.7. The molecule has 7 nitrogen and oxygen atoms in total. The number of anilines is 1. The predicted octanol–water partition coefficient (Wildman–Crippen LogP) is 5.48. The Morgan fingerprint density at radius 3 is 2.64 bits per heavy atom. The van der Waals surface area contributed by atoms with Crippen LogP contribution in [0.5, 0.6) is 5.75 Å². The van der Waals surface area contributed by atoms with Crippen molar-refractivity contribution in [2.24, 2.45) is 5.92 Å². The third-order valence-electron chi connectivity index (χ3n) is 5.46. The van der Waals surface area contributed by atoms with Gasteiger partial charge >= 0.3 is 10.1 Å². The second-order valence-electron chi connectivity index (χ2n) is 7.87. The minimum Gasteiger partial charge on any atom is -0.379 e. The molecule has 2 aromatic carbocycles. The monoisotopic (exact) mass is 527 g/mol. The fourth-order valence-electron chi connectivity index (χ4n) is 3.80. The normalized spacial score (nSPS) is 15.0. The van der Waals surface area contributed by atoms with Gasteiger partial charge in [-0.25, -0.2) is 4.98 Å². The van der Waals surface area contributed by atoms with E-state index in [1.807, 2.05) is 0 Å². The van der Waals surface area contributed by atoms with Gasteiger partial charge in [-0.15, -0.1) is 0 Å². The van der Waals surface area contributed by atoms with Crippen molar-refractivity contribution in [3.05, 3.63) is 46.4 Å². The topological polar surface area (TPSA) is 97.4 Å². The molecule has 33 heavy (non-hydrogen) atoms. The van der Waals surface area contributed by atoms with Gasteiger partial charge in [0.1, 0.15) is 10.6 Å². The Kier molecular flexibility index (Phi) is 7.76. The highest BCUT2D eigenvalue weighted by Gasteiger charge is 2.24. The summed E-state index contributed by atoms with van der Waals surface area (Å²) in [6.07, 6.45) is 4.69. The first kappa shape index (κ1) is 24.2. The Hall–Kier alpha value is -1.91. The van der Waals surface area contributed by atoms with E-state index < -0.39 is 10.1 Å². The first-order valence-electron chi connectivity index (χ1n) is 10.6. The van der Waals surface area contributed by atoms with E-state index in [1.54, 1.807) is 18.2 Å². The molecular weight excluding hydrogens is 505 g/mol. The average molecular weight is 528 g/mol. The molecule has 0 radical (unpaired) electrons. The Bertz CT molecular complexity index is 1240. The van der Waals surface area contributed by atoms with Crippen LogP contribution in [0.4, 0.5) is 5.13 Å². The summed E-state index contributed by atoms with van der Waals surface area (Å²) in [7, 11) is -4.23. The zero-order valence-corrected chi connectivity index (χ0v) is 20.8. The fraction of sp³-hybridized carbons (Fsp3) is 0.364. The second kappa shape index (κ2) is 10.6. The maximum Gasteiger partial charge on any atom is 0.342 e. The van der Waals surface area contributed by atoms with Gasteiger partial charge in [-0.3, -0.25) is 4.79 Å². The summed E-state index contributed by atoms with van der Waals surface area (Å²) in [5.41, 5.74) is 0.630. The molecule has 1 aliphatic heterocycles. The van der Waals surface area contributed by atoms with E-state index in [9.17, 15) is 13.2 Å². The molecule has 4 rings (SSSR count). The highest BCUT2D eigenvalue weighted by atomic mass is 35.5. The second-order valence-corrected chi connectivity index (χ2v) is 11.2. The molecular formula is C22H23Cl2N3O4S2. The van der Waals surface area contributed by atoms with Crippen LogP contribution in [0.15, 0.2) is 41.3 Å². The molecule has 0 unspecified atom stereocenters. The summed E-state index contributed by atoms with van der Waals surface area (Å²) in [6.45, 7) is 2.11. The number of amides is 1. The van der Waals surface area contributed by atoms with Crippen LogP contribution in [0.2, 0.25) is 10.0 Å². The molecule has 176 valence electrons. The third-order valence-corrected chi connectivity index (χ3v) is 8.60. The van der Waals surface area contributed by atoms with Crippen LogP contribution in [0, 0.1) is 5.92 Å². The molecule has 1 fully saturated rings. The van der Waals surface area contributed by atoms with Crippen LogP contribution in [0.3, 0.4) is 0 Å². The van der Waals surface area contributed by atoms with E-state index in [0.29, 0.717) is 27.7 Å². The quantitative estimate of drug-likeness (QED) is 0.376. The number of hydrogen-bond donors (Lipinski definition) is 2. The molecule has 0 atom stereocenters. The van der Waals surface area contributed by atoms with E-state index in [2.05, 4.69) is 15.6 Å². The predicted molar refractivity (Wildman–Crippen MR) is 132 cm³/mol. The van der Waals surface area contributed by atoms with Gasteiger partial charge in [-0.1, -0.05) is 40.6 Å². The number of fused-ring (bicyclic) bond motifs is 1. The standard InChI is InChI=1S/C22H23Cl2N3O4S2/c23-16-4-2-5-17(24)21(16)33(29,30)31-15-7-8-18-19(13-15)32-22(26-18)27-20(28)6-1-3-14-9-11-25-12-10-14/h2,4-5,7-8,13-14,25H,1,3,6,9-12H2,(H,26,27,28). The zero-order valence-electron chi connectivity index (χ0n) is 17.6. The van der Waals surface area contributed by atoms with Crippen LogP contribution < -0.4 is 14.8 Å². The minimum atomic E-state index is -4.23. The first-order valence-corrected chi connectivity index (χ1v) is 13.6. The van der Waals surface area contributed by atoms with E-state index >= 15 is 0 Å². The van der Waals surface area contributed by atoms with Gasteiger partial charge < -0.3 is 14.8 Å². The molecule has 1 amide bonds. The van der Waals surface area contributed by atoms with E-state index in [0.717, 1.165) is 25.9 Å². The number of piperidine rings is 1. The van der Waals surface area contributed by atoms with Crippen molar-refractivity contribution in [2.75, 3.05) is 18.4 Å². The summed E-state index contributed by atoms with van der Waals surface area (Å²) in [6, 6.07) is 9.10. The SMILES string of the molecule is O=C(CCCC1CCNCC1)Nc1nc2ccc(OS(=O)(=O)c3c(Cl)cccc3Cl)cc2s1. The van der Waals surface area contributed by atoms with Crippen molar-refractivity contribution in [3.63, 3.8) is 0 Å². The van der Waals surface area contributed by atoms with E-state index in [1.165, 1.54) is 42.4 Å². The number of halogens is 2. The van der Waals surface area contributed by atoms with E-state index in [4.69, 9.17) is 27.4 Å². The summed E-state index contributed by atoms with van der Waals surface area (Å²) >= 11 is 13.3. The van der Waals surface area contributed by atoms with E-state index in [-0.39, 0.29) is 26.6 Å². The Morgan fingerprint density at radius 2 is 1.91 bits per heavy atom. The first-order chi connectivity index (χ1) is 15.8. The Labute approximate surface area is 206 Å². The summed E-state index contributed by atoms with van der Waals surface area (Å²) < 4.78 is 31.3. The van der Waals surface area contributed by atoms with Crippen LogP contribution >= 0.6 is 34.5 Å². The smallest absolute Gasteiger partial charge is 0.342 e. The van der Waals surface area contributed by atoms with Gasteiger partial charge in [0.15, 0.2) is 5.13 Å². The number of thiazole rings is 1. The summed E-state index contributed by atoms with van der Waals surface area (Å²) in [5, 5.41) is 6.61. The zero-order chi connectivity index (χ0) is 23.4. The molecule has 2 N–H and O–H groups in total. The largest absolute Gasteiger partial charge is 0.379 e. The molecule has 1 aromatic heterocycles. The molecule has 0 spiro atoms. The van der Waals surface area contributed by atoms with Crippen molar-refractivity contribution in [1.82, 2.24) is 10.3 Å². The van der Waals surface area contributed by atoms with Crippen LogP contribution in [-0.2, 0) is 14.9 Å². The third kappa shape index (κ3) is 6.16. The van der Waals surface area contributed by atoms with Gasteiger partial charge in [0.2, 0.25) is 5.91 Å². The molecule has 3 aromatic rings. The highest BCUT2D eigenvalue weighted by Crippen LogP contribution is 2.34. The maximum atomic E-state index is 12.7. The van der Waals surface area contributed by atoms with Crippen molar-refractivity contribution >= 4 is 65.9 Å². The molecule has 11 heteroatoms. The number of carbonyl (C=O) groups is 1. The molecule has 1 saturated heterocycles. The fourth-order valence-corrected chi connectivity index (χ4v) is 6.73. The Morgan fingerprint density at radius 1 is 1.18 bits per heavy atom. The molecule has 2 heterocycles. The van der Waals surface area contributed by atoms with Crippen molar-refractivity contribution < 1.29 is 17.4 Å². The molecule has 0 saturated carbocycles. The van der Waals surface area contributed by atoms with Gasteiger partial charge in [0.05, 0.1) is 20.3 Å². The lowest BCUT2D eigenvalue weighted by molar-refractivity contribution is -0.116. The van der Waals surface area contributed by atoms with Crippen LogP contribution in [-0.4, -0.2) is 32.4 Å². The average Bonchev–Trinajstić information content (AvgIpc) is 3.15. The number of hydrogen-bond acceptors (Lipinski definition) is 7. The van der Waals surface area contributed by atoms with Crippen molar-refractivity contribution in [1.29, 1.82) is 0 Å². The molecule has 0 bridgehead atoms. The van der Waals surface area contributed by atoms with Crippen LogP contribution in [0.1, 0.15) is 32.1 Å². The number of nitrogens with one attached hydrogen (secondary N) is 2. The number of aromatic nitrogens is 1.